The lowest BCUT2D eigenvalue weighted by atomic mass is 10.2. The normalized spacial score (nSPS) is 15.1. The van der Waals surface area contributed by atoms with E-state index in [4.69, 9.17) is 4.74 Å². The standard InChI is InChI=1S/C23H18N2O2/c1-17-9-8-14-20(15-17)27-23-24-21(16-18-10-4-2-5-11-18)22(26)25(23)19-12-6-3-7-13-19/h2-16H,1H3/b21-16-. The molecule has 1 heterocycles. The highest BCUT2D eigenvalue weighted by Crippen LogP contribution is 2.26. The zero-order valence-corrected chi connectivity index (χ0v) is 14.9. The van der Waals surface area contributed by atoms with Crippen LogP contribution in [-0.4, -0.2) is 11.9 Å². The van der Waals surface area contributed by atoms with Gasteiger partial charge in [0.15, 0.2) is 0 Å². The minimum Gasteiger partial charge on any atom is -0.425 e. The molecule has 0 atom stereocenters. The molecule has 132 valence electrons. The van der Waals surface area contributed by atoms with E-state index in [0.717, 1.165) is 11.1 Å². The number of hydrogen-bond donors (Lipinski definition) is 0. The first-order valence-electron chi connectivity index (χ1n) is 8.70. The van der Waals surface area contributed by atoms with Gasteiger partial charge in [0.25, 0.3) is 5.91 Å². The number of ether oxygens (including phenoxy) is 1. The summed E-state index contributed by atoms with van der Waals surface area (Å²) in [5.41, 5.74) is 3.04. The lowest BCUT2D eigenvalue weighted by Crippen LogP contribution is -2.35. The van der Waals surface area contributed by atoms with Gasteiger partial charge in [-0.3, -0.25) is 4.79 Å². The smallest absolute Gasteiger partial charge is 0.310 e. The van der Waals surface area contributed by atoms with Crippen molar-refractivity contribution in [3.63, 3.8) is 0 Å². The molecule has 0 saturated carbocycles. The van der Waals surface area contributed by atoms with Crippen molar-refractivity contribution in [3.05, 3.63) is 102 Å². The molecule has 3 aromatic carbocycles. The van der Waals surface area contributed by atoms with Crippen molar-refractivity contribution in [1.29, 1.82) is 0 Å². The van der Waals surface area contributed by atoms with Gasteiger partial charge in [0.2, 0.25) is 0 Å². The highest BCUT2D eigenvalue weighted by Gasteiger charge is 2.33. The molecule has 0 bridgehead atoms. The second-order valence-electron chi connectivity index (χ2n) is 6.23. The van der Waals surface area contributed by atoms with Crippen molar-refractivity contribution in [2.24, 2.45) is 4.99 Å². The van der Waals surface area contributed by atoms with Crippen LogP contribution < -0.4 is 9.64 Å². The largest absolute Gasteiger partial charge is 0.425 e. The Balaban J connectivity index is 1.74. The van der Waals surface area contributed by atoms with Crippen molar-refractivity contribution < 1.29 is 9.53 Å². The van der Waals surface area contributed by atoms with Gasteiger partial charge >= 0.3 is 6.02 Å². The molecule has 0 unspecified atom stereocenters. The first-order chi connectivity index (χ1) is 13.2. The first-order valence-corrected chi connectivity index (χ1v) is 8.70. The molecule has 27 heavy (non-hydrogen) atoms. The third-order valence-corrected chi connectivity index (χ3v) is 4.15. The Morgan fingerprint density at radius 1 is 0.889 bits per heavy atom. The molecular weight excluding hydrogens is 336 g/mol. The number of amides is 1. The summed E-state index contributed by atoms with van der Waals surface area (Å²) < 4.78 is 5.98. The maximum Gasteiger partial charge on any atom is 0.310 e. The van der Waals surface area contributed by atoms with E-state index in [2.05, 4.69) is 4.99 Å². The van der Waals surface area contributed by atoms with Crippen LogP contribution in [0.5, 0.6) is 5.75 Å². The van der Waals surface area contributed by atoms with E-state index in [0.29, 0.717) is 17.1 Å². The van der Waals surface area contributed by atoms with Gasteiger partial charge in [0, 0.05) is 0 Å². The fraction of sp³-hybridized carbons (Fsp3) is 0.0435. The number of amidine groups is 1. The summed E-state index contributed by atoms with van der Waals surface area (Å²) >= 11 is 0. The molecule has 1 aliphatic rings. The Bertz CT molecular complexity index is 1020. The van der Waals surface area contributed by atoms with Gasteiger partial charge < -0.3 is 4.74 Å². The predicted octanol–water partition coefficient (Wildman–Crippen LogP) is 4.82. The lowest BCUT2D eigenvalue weighted by Gasteiger charge is -2.18. The van der Waals surface area contributed by atoms with Gasteiger partial charge in [-0.1, -0.05) is 60.7 Å². The third kappa shape index (κ3) is 3.65. The Morgan fingerprint density at radius 2 is 1.59 bits per heavy atom. The third-order valence-electron chi connectivity index (χ3n) is 4.15. The maximum absolute atomic E-state index is 13.0. The summed E-state index contributed by atoms with van der Waals surface area (Å²) in [6.45, 7) is 1.99. The van der Waals surface area contributed by atoms with Crippen molar-refractivity contribution in [2.75, 3.05) is 4.90 Å². The minimum atomic E-state index is -0.215. The van der Waals surface area contributed by atoms with Gasteiger partial charge in [0.1, 0.15) is 11.4 Å². The second-order valence-corrected chi connectivity index (χ2v) is 6.23. The average Bonchev–Trinajstić information content (AvgIpc) is 2.98. The number of hydrogen-bond acceptors (Lipinski definition) is 3. The molecular formula is C23H18N2O2. The van der Waals surface area contributed by atoms with Crippen LogP contribution in [0.4, 0.5) is 5.69 Å². The van der Waals surface area contributed by atoms with E-state index >= 15 is 0 Å². The first kappa shape index (κ1) is 16.8. The summed E-state index contributed by atoms with van der Waals surface area (Å²) in [5.74, 6) is 0.427. The zero-order chi connectivity index (χ0) is 18.6. The highest BCUT2D eigenvalue weighted by atomic mass is 16.5. The Labute approximate surface area is 158 Å². The molecule has 1 amide bonds. The average molecular weight is 354 g/mol. The van der Waals surface area contributed by atoms with Gasteiger partial charge in [-0.15, -0.1) is 0 Å². The number of anilines is 1. The van der Waals surface area contributed by atoms with Crippen LogP contribution in [0.2, 0.25) is 0 Å². The van der Waals surface area contributed by atoms with E-state index in [1.807, 2.05) is 91.9 Å². The van der Waals surface area contributed by atoms with Gasteiger partial charge in [-0.2, -0.15) is 4.99 Å². The van der Waals surface area contributed by atoms with Crippen molar-refractivity contribution in [1.82, 2.24) is 0 Å². The molecule has 0 aromatic heterocycles. The Morgan fingerprint density at radius 3 is 2.30 bits per heavy atom. The van der Waals surface area contributed by atoms with E-state index < -0.39 is 0 Å². The van der Waals surface area contributed by atoms with E-state index in [-0.39, 0.29) is 11.9 Å². The quantitative estimate of drug-likeness (QED) is 0.633. The molecule has 3 aromatic rings. The molecule has 4 nitrogen and oxygen atoms in total. The molecule has 0 saturated heterocycles. The van der Waals surface area contributed by atoms with E-state index in [9.17, 15) is 4.79 Å². The van der Waals surface area contributed by atoms with Crippen LogP contribution in [0.1, 0.15) is 11.1 Å². The molecule has 0 aliphatic carbocycles. The van der Waals surface area contributed by atoms with Crippen LogP contribution in [0.15, 0.2) is 95.6 Å². The zero-order valence-electron chi connectivity index (χ0n) is 14.9. The topological polar surface area (TPSA) is 41.9 Å². The second kappa shape index (κ2) is 7.30. The number of aryl methyl sites for hydroxylation is 1. The predicted molar refractivity (Wildman–Crippen MR) is 108 cm³/mol. The Hall–Kier alpha value is -3.66. The molecule has 1 aliphatic heterocycles. The molecule has 0 radical (unpaired) electrons. The fourth-order valence-corrected chi connectivity index (χ4v) is 2.86. The highest BCUT2D eigenvalue weighted by molar-refractivity contribution is 6.27. The summed E-state index contributed by atoms with van der Waals surface area (Å²) in [4.78, 5) is 19.0. The van der Waals surface area contributed by atoms with Crippen LogP contribution in [0.3, 0.4) is 0 Å². The molecule has 0 fully saturated rings. The summed E-state index contributed by atoms with van der Waals surface area (Å²) in [5, 5.41) is 0. The number of para-hydroxylation sites is 1. The number of carbonyl (C=O) groups excluding carboxylic acids is 1. The molecule has 4 rings (SSSR count). The van der Waals surface area contributed by atoms with Crippen molar-refractivity contribution >= 4 is 23.7 Å². The number of nitrogens with zero attached hydrogens (tertiary/aromatic N) is 2. The van der Waals surface area contributed by atoms with Crippen LogP contribution >= 0.6 is 0 Å². The SMILES string of the molecule is Cc1cccc(OC2=N/C(=C\c3ccccc3)C(=O)N2c2ccccc2)c1. The molecule has 0 N–H and O–H groups in total. The lowest BCUT2D eigenvalue weighted by molar-refractivity contribution is -0.113. The van der Waals surface area contributed by atoms with E-state index in [1.54, 1.807) is 6.08 Å². The number of aliphatic imine (C=N–C) groups is 1. The maximum atomic E-state index is 13.0. The van der Waals surface area contributed by atoms with Gasteiger partial charge in [0.05, 0.1) is 5.69 Å². The fourth-order valence-electron chi connectivity index (χ4n) is 2.86. The summed E-state index contributed by atoms with van der Waals surface area (Å²) in [6, 6.07) is 26.9. The van der Waals surface area contributed by atoms with Crippen LogP contribution in [-0.2, 0) is 4.79 Å². The van der Waals surface area contributed by atoms with Crippen molar-refractivity contribution in [3.8, 4) is 5.75 Å². The van der Waals surface area contributed by atoms with Crippen LogP contribution in [0.25, 0.3) is 6.08 Å². The summed E-state index contributed by atoms with van der Waals surface area (Å²) in [7, 11) is 0. The molecule has 0 spiro atoms. The number of benzene rings is 3. The monoisotopic (exact) mass is 354 g/mol. The van der Waals surface area contributed by atoms with E-state index in [1.165, 1.54) is 4.90 Å². The Kier molecular flexibility index (Phi) is 4.54. The minimum absolute atomic E-state index is 0.215. The van der Waals surface area contributed by atoms with Crippen molar-refractivity contribution in [2.45, 2.75) is 6.92 Å². The summed E-state index contributed by atoms with van der Waals surface area (Å²) in [6.07, 6.45) is 1.77. The van der Waals surface area contributed by atoms with Crippen LogP contribution in [0, 0.1) is 6.92 Å². The molecule has 4 heteroatoms. The van der Waals surface area contributed by atoms with Gasteiger partial charge in [-0.25, -0.2) is 4.90 Å². The van der Waals surface area contributed by atoms with Gasteiger partial charge in [-0.05, 0) is 48.4 Å². The number of carbonyl (C=O) groups is 1. The number of rotatable bonds is 3.